The van der Waals surface area contributed by atoms with E-state index in [9.17, 15) is 13.2 Å². The van der Waals surface area contributed by atoms with Crippen molar-refractivity contribution in [1.29, 1.82) is 0 Å². The normalized spacial score (nSPS) is 11.1. The van der Waals surface area contributed by atoms with E-state index in [-0.39, 0.29) is 24.3 Å². The Balaban J connectivity index is 2.37. The van der Waals surface area contributed by atoms with Crippen molar-refractivity contribution in [3.8, 4) is 5.75 Å². The molecule has 0 atom stereocenters. The minimum Gasteiger partial charge on any atom is -0.497 e. The molecule has 0 saturated heterocycles. The van der Waals surface area contributed by atoms with Crippen molar-refractivity contribution in [3.63, 3.8) is 0 Å². The maximum atomic E-state index is 13.0. The molecular weight excluding hydrogens is 410 g/mol. The molecule has 0 aromatic heterocycles. The number of hydrogen-bond acceptors (Lipinski definition) is 4. The van der Waals surface area contributed by atoms with E-state index in [0.29, 0.717) is 11.4 Å². The van der Waals surface area contributed by atoms with E-state index in [1.54, 1.807) is 36.4 Å². The highest BCUT2D eigenvalue weighted by atomic mass is 79.9. The molecular formula is C17H18BrNO5S. The topological polar surface area (TPSA) is 83.9 Å². The summed E-state index contributed by atoms with van der Waals surface area (Å²) in [6, 6.07) is 12.9. The van der Waals surface area contributed by atoms with Gasteiger partial charge in [-0.15, -0.1) is 0 Å². The number of rotatable bonds is 8. The number of halogens is 1. The predicted molar refractivity (Wildman–Crippen MR) is 98.5 cm³/mol. The average Bonchev–Trinajstić information content (AvgIpc) is 2.59. The van der Waals surface area contributed by atoms with Crippen LogP contribution in [0.25, 0.3) is 0 Å². The second-order valence-corrected chi connectivity index (χ2v) is 8.00. The molecule has 2 aromatic carbocycles. The molecule has 0 bridgehead atoms. The minimum atomic E-state index is -3.81. The Kier molecular flexibility index (Phi) is 6.44. The maximum absolute atomic E-state index is 13.0. The molecule has 0 aliphatic carbocycles. The summed E-state index contributed by atoms with van der Waals surface area (Å²) in [6.07, 6.45) is 0.0969. The van der Waals surface area contributed by atoms with E-state index < -0.39 is 16.0 Å². The van der Waals surface area contributed by atoms with E-state index >= 15 is 0 Å². The second kappa shape index (κ2) is 8.35. The van der Waals surface area contributed by atoms with Crippen molar-refractivity contribution in [2.75, 3.05) is 18.0 Å². The summed E-state index contributed by atoms with van der Waals surface area (Å²) >= 11 is 3.28. The van der Waals surface area contributed by atoms with Crippen molar-refractivity contribution in [2.45, 2.75) is 17.7 Å². The molecule has 2 aromatic rings. The van der Waals surface area contributed by atoms with Crippen LogP contribution >= 0.6 is 15.9 Å². The van der Waals surface area contributed by atoms with Crippen LogP contribution in [0, 0.1) is 0 Å². The molecule has 6 nitrogen and oxygen atoms in total. The summed E-state index contributed by atoms with van der Waals surface area (Å²) in [5, 5.41) is 8.83. The van der Waals surface area contributed by atoms with E-state index in [2.05, 4.69) is 15.9 Å². The number of ether oxygens (including phenoxy) is 1. The van der Waals surface area contributed by atoms with Gasteiger partial charge in [-0.05, 0) is 55.0 Å². The zero-order valence-electron chi connectivity index (χ0n) is 13.6. The van der Waals surface area contributed by atoms with Gasteiger partial charge in [0.05, 0.1) is 17.7 Å². The van der Waals surface area contributed by atoms with Gasteiger partial charge in [0.1, 0.15) is 5.75 Å². The molecule has 0 aliphatic rings. The highest BCUT2D eigenvalue weighted by Gasteiger charge is 2.25. The lowest BCUT2D eigenvalue weighted by Crippen LogP contribution is -2.32. The SMILES string of the molecule is COc1ccc(N(CCCC(=O)O)S(=O)(=O)c2ccc(Br)cc2)cc1. The van der Waals surface area contributed by atoms with E-state index in [1.165, 1.54) is 23.5 Å². The Morgan fingerprint density at radius 2 is 1.72 bits per heavy atom. The van der Waals surface area contributed by atoms with Crippen molar-refractivity contribution in [3.05, 3.63) is 53.0 Å². The standard InChI is InChI=1S/C17H18BrNO5S/c1-24-15-8-6-14(7-9-15)19(12-2-3-17(20)21)25(22,23)16-10-4-13(18)5-11-16/h4-11H,2-3,12H2,1H3,(H,20,21). The molecule has 0 heterocycles. The highest BCUT2D eigenvalue weighted by molar-refractivity contribution is 9.10. The first kappa shape index (κ1) is 19.3. The lowest BCUT2D eigenvalue weighted by atomic mass is 10.2. The third kappa shape index (κ3) is 4.96. The highest BCUT2D eigenvalue weighted by Crippen LogP contribution is 2.27. The summed E-state index contributed by atoms with van der Waals surface area (Å²) in [5.41, 5.74) is 0.453. The predicted octanol–water partition coefficient (Wildman–Crippen LogP) is 3.52. The van der Waals surface area contributed by atoms with Crippen molar-refractivity contribution in [2.24, 2.45) is 0 Å². The minimum absolute atomic E-state index is 0.0665. The quantitative estimate of drug-likeness (QED) is 0.696. The fourth-order valence-electron chi connectivity index (χ4n) is 2.24. The number of aliphatic carboxylic acids is 1. The molecule has 0 aliphatic heterocycles. The van der Waals surface area contributed by atoms with Gasteiger partial charge in [0.2, 0.25) is 0 Å². The largest absolute Gasteiger partial charge is 0.497 e. The zero-order chi connectivity index (χ0) is 18.4. The molecule has 0 amide bonds. The summed E-state index contributed by atoms with van der Waals surface area (Å²) in [5.74, 6) is -0.356. The average molecular weight is 428 g/mol. The van der Waals surface area contributed by atoms with Gasteiger partial charge in [-0.1, -0.05) is 15.9 Å². The lowest BCUT2D eigenvalue weighted by molar-refractivity contribution is -0.137. The number of carbonyl (C=O) groups is 1. The van der Waals surface area contributed by atoms with E-state index in [4.69, 9.17) is 9.84 Å². The number of nitrogens with zero attached hydrogens (tertiary/aromatic N) is 1. The van der Waals surface area contributed by atoms with Gasteiger partial charge in [-0.2, -0.15) is 0 Å². The molecule has 0 radical (unpaired) electrons. The first-order chi connectivity index (χ1) is 11.8. The van der Waals surface area contributed by atoms with Crippen LogP contribution in [-0.4, -0.2) is 33.1 Å². The third-order valence-corrected chi connectivity index (χ3v) is 5.88. The zero-order valence-corrected chi connectivity index (χ0v) is 16.0. The van der Waals surface area contributed by atoms with Gasteiger partial charge in [0, 0.05) is 17.4 Å². The monoisotopic (exact) mass is 427 g/mol. The van der Waals surface area contributed by atoms with Gasteiger partial charge < -0.3 is 9.84 Å². The van der Waals surface area contributed by atoms with Crippen molar-refractivity contribution < 1.29 is 23.1 Å². The molecule has 25 heavy (non-hydrogen) atoms. The smallest absolute Gasteiger partial charge is 0.303 e. The number of anilines is 1. The van der Waals surface area contributed by atoms with Gasteiger partial charge in [0.15, 0.2) is 0 Å². The van der Waals surface area contributed by atoms with Crippen LogP contribution in [0.5, 0.6) is 5.75 Å². The Hall–Kier alpha value is -2.06. The fourth-order valence-corrected chi connectivity index (χ4v) is 4.01. The number of benzene rings is 2. The van der Waals surface area contributed by atoms with Crippen molar-refractivity contribution >= 4 is 37.6 Å². The van der Waals surface area contributed by atoms with Gasteiger partial charge in [-0.25, -0.2) is 8.42 Å². The number of hydrogen-bond donors (Lipinski definition) is 1. The number of sulfonamides is 1. The van der Waals surface area contributed by atoms with Crippen LogP contribution in [-0.2, 0) is 14.8 Å². The van der Waals surface area contributed by atoms with Crippen LogP contribution < -0.4 is 9.04 Å². The third-order valence-electron chi connectivity index (χ3n) is 3.51. The lowest BCUT2D eigenvalue weighted by Gasteiger charge is -2.24. The Bertz CT molecular complexity index is 819. The van der Waals surface area contributed by atoms with Crippen LogP contribution in [0.3, 0.4) is 0 Å². The maximum Gasteiger partial charge on any atom is 0.303 e. The Labute approximate surface area is 155 Å². The van der Waals surface area contributed by atoms with E-state index in [1.807, 2.05) is 0 Å². The van der Waals surface area contributed by atoms with E-state index in [0.717, 1.165) is 4.47 Å². The molecule has 2 rings (SSSR count). The molecule has 134 valence electrons. The molecule has 0 saturated carbocycles. The van der Waals surface area contributed by atoms with Gasteiger partial charge >= 0.3 is 5.97 Å². The Morgan fingerprint density at radius 3 is 2.24 bits per heavy atom. The molecule has 0 spiro atoms. The number of carboxylic acid groups (broad SMARTS) is 1. The summed E-state index contributed by atoms with van der Waals surface area (Å²) in [7, 11) is -2.28. The summed E-state index contributed by atoms with van der Waals surface area (Å²) < 4.78 is 33.1. The molecule has 0 unspecified atom stereocenters. The summed E-state index contributed by atoms with van der Waals surface area (Å²) in [6.45, 7) is 0.0665. The molecule has 1 N–H and O–H groups in total. The van der Waals surface area contributed by atoms with Crippen LogP contribution in [0.2, 0.25) is 0 Å². The fraction of sp³-hybridized carbons (Fsp3) is 0.235. The van der Waals surface area contributed by atoms with Crippen molar-refractivity contribution in [1.82, 2.24) is 0 Å². The molecule has 8 heteroatoms. The Morgan fingerprint density at radius 1 is 1.12 bits per heavy atom. The van der Waals surface area contributed by atoms with Gasteiger partial charge in [-0.3, -0.25) is 9.10 Å². The van der Waals surface area contributed by atoms with Crippen LogP contribution in [0.15, 0.2) is 57.9 Å². The number of methoxy groups -OCH3 is 1. The molecule has 0 fully saturated rings. The van der Waals surface area contributed by atoms with Crippen LogP contribution in [0.4, 0.5) is 5.69 Å². The summed E-state index contributed by atoms with van der Waals surface area (Å²) in [4.78, 5) is 10.9. The second-order valence-electron chi connectivity index (χ2n) is 5.23. The first-order valence-corrected chi connectivity index (χ1v) is 9.72. The number of carboxylic acids is 1. The van der Waals surface area contributed by atoms with Gasteiger partial charge in [0.25, 0.3) is 10.0 Å². The first-order valence-electron chi connectivity index (χ1n) is 7.49. The van der Waals surface area contributed by atoms with Crippen LogP contribution in [0.1, 0.15) is 12.8 Å².